The zero-order valence-corrected chi connectivity index (χ0v) is 21.6. The fraction of sp³-hybridized carbons (Fsp3) is 0.464. The number of furan rings is 1. The number of likely N-dealkylation sites (tertiary alicyclic amines) is 2. The van der Waals surface area contributed by atoms with Crippen molar-refractivity contribution in [2.75, 3.05) is 38.1 Å². The van der Waals surface area contributed by atoms with E-state index in [1.807, 2.05) is 25.1 Å². The molecular weight excluding hydrogens is 486 g/mol. The van der Waals surface area contributed by atoms with Crippen LogP contribution in [0.4, 0.5) is 5.69 Å². The van der Waals surface area contributed by atoms with Gasteiger partial charge >= 0.3 is 5.97 Å². The Morgan fingerprint density at radius 2 is 2.03 bits per heavy atom. The maximum atomic E-state index is 13.5. The van der Waals surface area contributed by atoms with Crippen molar-refractivity contribution in [2.24, 2.45) is 10.9 Å². The SMILES string of the molecule is C=CCOC(=O)C(C#N)C(=N[C@H]1CCCCN(CC(=O)N2CCCC2)C1=O)Nc1ccc2oc(C)cc2c1. The van der Waals surface area contributed by atoms with Crippen molar-refractivity contribution in [3.05, 3.63) is 42.7 Å². The van der Waals surface area contributed by atoms with Crippen molar-refractivity contribution < 1.29 is 23.5 Å². The Bertz CT molecular complexity index is 1270. The molecule has 10 heteroatoms. The van der Waals surface area contributed by atoms with Crippen LogP contribution in [0.1, 0.15) is 37.9 Å². The number of aryl methyl sites for hydroxylation is 1. The van der Waals surface area contributed by atoms with Crippen LogP contribution in [0.5, 0.6) is 0 Å². The Balaban J connectivity index is 1.62. The van der Waals surface area contributed by atoms with Crippen LogP contribution in [0.25, 0.3) is 11.0 Å². The summed E-state index contributed by atoms with van der Waals surface area (Å²) in [5.41, 5.74) is 1.28. The maximum Gasteiger partial charge on any atom is 0.331 e. The van der Waals surface area contributed by atoms with E-state index in [-0.39, 0.29) is 30.8 Å². The molecule has 0 saturated carbocycles. The van der Waals surface area contributed by atoms with Crippen LogP contribution in [-0.4, -0.2) is 72.2 Å². The number of hydrogen-bond donors (Lipinski definition) is 1. The molecule has 10 nitrogen and oxygen atoms in total. The molecule has 0 aliphatic carbocycles. The molecule has 2 fully saturated rings. The van der Waals surface area contributed by atoms with Gasteiger partial charge in [-0.1, -0.05) is 12.7 Å². The molecule has 1 aromatic carbocycles. The third-order valence-corrected chi connectivity index (χ3v) is 6.73. The number of fused-ring (bicyclic) bond motifs is 1. The summed E-state index contributed by atoms with van der Waals surface area (Å²) in [7, 11) is 0. The second kappa shape index (κ2) is 12.4. The first-order valence-corrected chi connectivity index (χ1v) is 13.0. The van der Waals surface area contributed by atoms with Crippen molar-refractivity contribution >= 4 is 40.3 Å². The molecule has 2 aliphatic rings. The van der Waals surface area contributed by atoms with E-state index in [4.69, 9.17) is 9.15 Å². The fourth-order valence-corrected chi connectivity index (χ4v) is 4.79. The summed E-state index contributed by atoms with van der Waals surface area (Å²) in [6, 6.07) is 8.35. The first-order chi connectivity index (χ1) is 18.4. The quantitative estimate of drug-likeness (QED) is 0.245. The van der Waals surface area contributed by atoms with Gasteiger partial charge in [-0.3, -0.25) is 19.4 Å². The minimum absolute atomic E-state index is 0.00712. The number of rotatable bonds is 8. The number of amides is 2. The minimum atomic E-state index is -1.38. The van der Waals surface area contributed by atoms with Gasteiger partial charge in [0.2, 0.25) is 17.7 Å². The highest BCUT2D eigenvalue weighted by Crippen LogP contribution is 2.24. The Labute approximate surface area is 221 Å². The van der Waals surface area contributed by atoms with Gasteiger partial charge in [-0.15, -0.1) is 0 Å². The Kier molecular flexibility index (Phi) is 8.79. The van der Waals surface area contributed by atoms with Crippen LogP contribution < -0.4 is 5.32 Å². The van der Waals surface area contributed by atoms with E-state index in [0.717, 1.165) is 36.8 Å². The fourth-order valence-electron chi connectivity index (χ4n) is 4.79. The van der Waals surface area contributed by atoms with Gasteiger partial charge in [0.1, 0.15) is 29.8 Å². The van der Waals surface area contributed by atoms with Gasteiger partial charge in [-0.05, 0) is 63.3 Å². The van der Waals surface area contributed by atoms with Crippen LogP contribution in [-0.2, 0) is 19.1 Å². The van der Waals surface area contributed by atoms with E-state index < -0.39 is 17.9 Å². The molecule has 0 radical (unpaired) electrons. The number of hydrogen-bond acceptors (Lipinski definition) is 7. The zero-order valence-electron chi connectivity index (χ0n) is 21.6. The number of ether oxygens (including phenoxy) is 1. The molecule has 3 heterocycles. The molecule has 2 aromatic rings. The molecule has 200 valence electrons. The highest BCUT2D eigenvalue weighted by Gasteiger charge is 2.33. The van der Waals surface area contributed by atoms with Crippen molar-refractivity contribution in [3.63, 3.8) is 0 Å². The van der Waals surface area contributed by atoms with Gasteiger partial charge in [0, 0.05) is 30.7 Å². The summed E-state index contributed by atoms with van der Waals surface area (Å²) in [6.07, 6.45) is 5.27. The number of nitrogens with one attached hydrogen (secondary N) is 1. The van der Waals surface area contributed by atoms with Gasteiger partial charge in [0.05, 0.1) is 12.6 Å². The molecule has 4 rings (SSSR count). The Morgan fingerprint density at radius 3 is 2.76 bits per heavy atom. The number of amidine groups is 1. The number of esters is 1. The molecule has 0 spiro atoms. The highest BCUT2D eigenvalue weighted by atomic mass is 16.5. The molecule has 1 N–H and O–H groups in total. The Morgan fingerprint density at radius 1 is 1.26 bits per heavy atom. The first-order valence-electron chi connectivity index (χ1n) is 13.0. The summed E-state index contributed by atoms with van der Waals surface area (Å²) in [5, 5.41) is 13.8. The second-order valence-corrected chi connectivity index (χ2v) is 9.59. The topological polar surface area (TPSA) is 128 Å². The molecule has 38 heavy (non-hydrogen) atoms. The van der Waals surface area contributed by atoms with Crippen LogP contribution in [0.2, 0.25) is 0 Å². The molecule has 0 bridgehead atoms. The van der Waals surface area contributed by atoms with E-state index in [2.05, 4.69) is 16.9 Å². The molecule has 2 saturated heterocycles. The molecular formula is C28H33N5O5. The third kappa shape index (κ3) is 6.40. The number of aliphatic imine (C=N–C) groups is 1. The summed E-state index contributed by atoms with van der Waals surface area (Å²) < 4.78 is 10.8. The average molecular weight is 520 g/mol. The van der Waals surface area contributed by atoms with Crippen molar-refractivity contribution in [1.82, 2.24) is 9.80 Å². The predicted molar refractivity (Wildman–Crippen MR) is 142 cm³/mol. The van der Waals surface area contributed by atoms with Crippen LogP contribution in [0, 0.1) is 24.2 Å². The van der Waals surface area contributed by atoms with Gasteiger partial charge in [-0.25, -0.2) is 0 Å². The molecule has 2 amide bonds. The second-order valence-electron chi connectivity index (χ2n) is 9.59. The first kappa shape index (κ1) is 26.9. The van der Waals surface area contributed by atoms with E-state index >= 15 is 0 Å². The van der Waals surface area contributed by atoms with Crippen molar-refractivity contribution in [3.8, 4) is 6.07 Å². The molecule has 1 unspecified atom stereocenters. The van der Waals surface area contributed by atoms with Crippen LogP contribution in [0.3, 0.4) is 0 Å². The smallest absolute Gasteiger partial charge is 0.331 e. The number of benzene rings is 1. The minimum Gasteiger partial charge on any atom is -0.461 e. The lowest BCUT2D eigenvalue weighted by Crippen LogP contribution is -2.45. The number of anilines is 1. The van der Waals surface area contributed by atoms with E-state index in [1.165, 1.54) is 6.08 Å². The van der Waals surface area contributed by atoms with Gasteiger partial charge < -0.3 is 24.3 Å². The summed E-state index contributed by atoms with van der Waals surface area (Å²) >= 11 is 0. The molecule has 1 aromatic heterocycles. The lowest BCUT2D eigenvalue weighted by molar-refractivity contribution is -0.143. The monoisotopic (exact) mass is 519 g/mol. The number of nitrogens with zero attached hydrogens (tertiary/aromatic N) is 4. The zero-order chi connectivity index (χ0) is 27.1. The highest BCUT2D eigenvalue weighted by molar-refractivity contribution is 6.11. The van der Waals surface area contributed by atoms with Gasteiger partial charge in [-0.2, -0.15) is 5.26 Å². The largest absolute Gasteiger partial charge is 0.461 e. The molecule has 2 aliphatic heterocycles. The maximum absolute atomic E-state index is 13.5. The van der Waals surface area contributed by atoms with Crippen LogP contribution >= 0.6 is 0 Å². The summed E-state index contributed by atoms with van der Waals surface area (Å²) in [4.78, 5) is 47.0. The normalized spacial score (nSPS) is 19.1. The number of carbonyl (C=O) groups is 3. The summed E-state index contributed by atoms with van der Waals surface area (Å²) in [6.45, 7) is 7.23. The van der Waals surface area contributed by atoms with Crippen molar-refractivity contribution in [2.45, 2.75) is 45.1 Å². The van der Waals surface area contributed by atoms with E-state index in [0.29, 0.717) is 37.3 Å². The van der Waals surface area contributed by atoms with E-state index in [9.17, 15) is 19.6 Å². The lowest BCUT2D eigenvalue weighted by Gasteiger charge is -2.25. The van der Waals surface area contributed by atoms with Gasteiger partial charge in [0.25, 0.3) is 0 Å². The average Bonchev–Trinajstić information content (AvgIpc) is 3.53. The number of carbonyl (C=O) groups excluding carboxylic acids is 3. The van der Waals surface area contributed by atoms with Crippen molar-refractivity contribution in [1.29, 1.82) is 5.26 Å². The molecule has 2 atom stereocenters. The van der Waals surface area contributed by atoms with E-state index in [1.54, 1.807) is 21.9 Å². The standard InChI is InChI=1S/C28H33N5O5/c1-3-14-37-28(36)22(17-29)26(30-21-9-10-24-20(16-21)15-19(2)38-24)31-23-8-4-5-13-33(27(23)35)18-25(34)32-11-6-7-12-32/h3,9-10,15-16,22-23H,1,4-8,11-14,18H2,2H3,(H,30,31)/t22?,23-/m0/s1. The van der Waals surface area contributed by atoms with Gasteiger partial charge in [0.15, 0.2) is 0 Å². The van der Waals surface area contributed by atoms with Crippen LogP contribution in [0.15, 0.2) is 46.3 Å². The lowest BCUT2D eigenvalue weighted by atomic mass is 10.1. The number of nitriles is 1. The Hall–Kier alpha value is -4.13. The summed E-state index contributed by atoms with van der Waals surface area (Å²) in [5.74, 6) is -1.75. The third-order valence-electron chi connectivity index (χ3n) is 6.73. The predicted octanol–water partition coefficient (Wildman–Crippen LogP) is 3.42.